The summed E-state index contributed by atoms with van der Waals surface area (Å²) in [5.74, 6) is -0.693. The van der Waals surface area contributed by atoms with Crippen molar-refractivity contribution in [2.24, 2.45) is 0 Å². The molecule has 0 fully saturated rings. The minimum absolute atomic E-state index is 0.0967. The highest BCUT2D eigenvalue weighted by molar-refractivity contribution is 7.99. The van der Waals surface area contributed by atoms with E-state index in [0.717, 1.165) is 17.9 Å². The third-order valence-corrected chi connectivity index (χ3v) is 4.73. The summed E-state index contributed by atoms with van der Waals surface area (Å²) in [4.78, 5) is -0.561. The van der Waals surface area contributed by atoms with Crippen molar-refractivity contribution in [3.05, 3.63) is 29.8 Å². The molecule has 0 bridgehead atoms. The van der Waals surface area contributed by atoms with Crippen molar-refractivity contribution in [1.82, 2.24) is 4.72 Å². The van der Waals surface area contributed by atoms with E-state index in [9.17, 15) is 17.2 Å². The highest BCUT2D eigenvalue weighted by Gasteiger charge is 2.18. The van der Waals surface area contributed by atoms with Gasteiger partial charge in [0, 0.05) is 25.0 Å². The number of thioether (sulfide) groups is 1. The topological polar surface area (TPSA) is 66.4 Å². The maximum absolute atomic E-state index is 13.3. The van der Waals surface area contributed by atoms with Crippen molar-refractivity contribution < 1.29 is 22.3 Å². The van der Waals surface area contributed by atoms with Crippen LogP contribution < -0.4 is 4.72 Å². The van der Waals surface area contributed by atoms with Crippen LogP contribution >= 0.6 is 11.8 Å². The highest BCUT2D eigenvalue weighted by Crippen LogP contribution is 2.15. The van der Waals surface area contributed by atoms with Crippen molar-refractivity contribution >= 4 is 21.8 Å². The molecule has 2 N–H and O–H groups in total. The monoisotopic (exact) mass is 311 g/mol. The Balaban J connectivity index is 2.52. The summed E-state index contributed by atoms with van der Waals surface area (Å²) in [6.07, 6.45) is 0.643. The van der Waals surface area contributed by atoms with Gasteiger partial charge in [0.25, 0.3) is 0 Å². The van der Waals surface area contributed by atoms with Gasteiger partial charge in [0.2, 0.25) is 10.0 Å². The first kappa shape index (κ1) is 16.4. The molecule has 0 heterocycles. The van der Waals surface area contributed by atoms with Crippen LogP contribution in [-0.2, 0) is 10.0 Å². The Labute approximate surface area is 115 Å². The molecule has 0 atom stereocenters. The molecule has 0 amide bonds. The average molecular weight is 311 g/mol. The first-order valence-electron chi connectivity index (χ1n) is 5.60. The predicted molar refractivity (Wildman–Crippen MR) is 70.6 cm³/mol. The van der Waals surface area contributed by atoms with E-state index in [1.54, 1.807) is 0 Å². The molecule has 0 unspecified atom stereocenters. The normalized spacial score (nSPS) is 11.7. The zero-order valence-electron chi connectivity index (χ0n) is 10.1. The summed E-state index contributed by atoms with van der Waals surface area (Å²) in [5.41, 5.74) is 0. The molecule has 19 heavy (non-hydrogen) atoms. The number of hydrogen-bond donors (Lipinski definition) is 2. The molecule has 1 rings (SSSR count). The number of nitrogens with one attached hydrogen (secondary N) is 1. The van der Waals surface area contributed by atoms with Crippen LogP contribution in [0.25, 0.3) is 0 Å². The van der Waals surface area contributed by atoms with Gasteiger partial charge < -0.3 is 5.11 Å². The van der Waals surface area contributed by atoms with E-state index < -0.39 is 26.6 Å². The van der Waals surface area contributed by atoms with Crippen LogP contribution in [0.1, 0.15) is 6.42 Å². The third kappa shape index (κ3) is 5.43. The van der Waals surface area contributed by atoms with Crippen LogP contribution in [0.2, 0.25) is 0 Å². The fourth-order valence-corrected chi connectivity index (χ4v) is 3.29. The molecule has 0 radical (unpaired) electrons. The van der Waals surface area contributed by atoms with Gasteiger partial charge in [-0.3, -0.25) is 0 Å². The van der Waals surface area contributed by atoms with E-state index in [0.29, 0.717) is 18.2 Å². The van der Waals surface area contributed by atoms with Gasteiger partial charge in [0.15, 0.2) is 0 Å². The molecule has 0 aliphatic heterocycles. The standard InChI is InChI=1S/C11H15F2NO3S2/c12-9-2-3-11(10(13)8-9)19(16,17)14-4-7-18-6-1-5-15/h2-3,8,14-15H,1,4-7H2. The Morgan fingerprint density at radius 1 is 1.26 bits per heavy atom. The maximum atomic E-state index is 13.3. The lowest BCUT2D eigenvalue weighted by atomic mass is 10.3. The highest BCUT2D eigenvalue weighted by atomic mass is 32.2. The second-order valence-corrected chi connectivity index (χ2v) is 6.62. The first-order valence-corrected chi connectivity index (χ1v) is 8.24. The summed E-state index contributed by atoms with van der Waals surface area (Å²) in [5, 5.41) is 8.56. The van der Waals surface area contributed by atoms with Crippen LogP contribution in [0.4, 0.5) is 8.78 Å². The lowest BCUT2D eigenvalue weighted by Crippen LogP contribution is -2.27. The van der Waals surface area contributed by atoms with E-state index in [2.05, 4.69) is 4.72 Å². The van der Waals surface area contributed by atoms with Crippen molar-refractivity contribution in [3.8, 4) is 0 Å². The zero-order chi connectivity index (χ0) is 14.3. The lowest BCUT2D eigenvalue weighted by Gasteiger charge is -2.07. The summed E-state index contributed by atoms with van der Waals surface area (Å²) in [6.45, 7) is 0.245. The van der Waals surface area contributed by atoms with Crippen LogP contribution in [0.15, 0.2) is 23.1 Å². The number of aliphatic hydroxyl groups is 1. The second-order valence-electron chi connectivity index (χ2n) is 3.66. The molecule has 0 aliphatic carbocycles. The number of halogens is 2. The van der Waals surface area contributed by atoms with E-state index >= 15 is 0 Å². The minimum atomic E-state index is -3.95. The number of hydrogen-bond acceptors (Lipinski definition) is 4. The van der Waals surface area contributed by atoms with Crippen molar-refractivity contribution in [3.63, 3.8) is 0 Å². The molecule has 4 nitrogen and oxygen atoms in total. The fraction of sp³-hybridized carbons (Fsp3) is 0.455. The lowest BCUT2D eigenvalue weighted by molar-refractivity contribution is 0.296. The molecule has 0 aromatic heterocycles. The van der Waals surface area contributed by atoms with Gasteiger partial charge in [0.1, 0.15) is 16.5 Å². The molecular formula is C11H15F2NO3S2. The van der Waals surface area contributed by atoms with Crippen LogP contribution in [-0.4, -0.2) is 38.2 Å². The van der Waals surface area contributed by atoms with E-state index in [1.165, 1.54) is 11.8 Å². The summed E-state index contributed by atoms with van der Waals surface area (Å²) in [6, 6.07) is 2.32. The van der Waals surface area contributed by atoms with Gasteiger partial charge in [-0.2, -0.15) is 11.8 Å². The van der Waals surface area contributed by atoms with E-state index in [-0.39, 0.29) is 13.2 Å². The van der Waals surface area contributed by atoms with E-state index in [1.807, 2.05) is 0 Å². The summed E-state index contributed by atoms with van der Waals surface area (Å²) in [7, 11) is -3.95. The SMILES string of the molecule is O=S(=O)(NCCSCCCO)c1ccc(F)cc1F. The fourth-order valence-electron chi connectivity index (χ4n) is 1.29. The van der Waals surface area contributed by atoms with Crippen molar-refractivity contribution in [2.45, 2.75) is 11.3 Å². The minimum Gasteiger partial charge on any atom is -0.396 e. The second kappa shape index (κ2) is 7.78. The molecule has 0 spiro atoms. The van der Waals surface area contributed by atoms with Crippen molar-refractivity contribution in [2.75, 3.05) is 24.7 Å². The van der Waals surface area contributed by atoms with Crippen LogP contribution in [0.5, 0.6) is 0 Å². The summed E-state index contributed by atoms with van der Waals surface area (Å²) >= 11 is 1.48. The van der Waals surface area contributed by atoms with Crippen molar-refractivity contribution in [1.29, 1.82) is 0 Å². The zero-order valence-corrected chi connectivity index (χ0v) is 11.7. The number of aliphatic hydroxyl groups excluding tert-OH is 1. The average Bonchev–Trinajstić information content (AvgIpc) is 2.33. The summed E-state index contributed by atoms with van der Waals surface area (Å²) < 4.78 is 51.7. The number of sulfonamides is 1. The van der Waals surface area contributed by atoms with Crippen LogP contribution in [0, 0.1) is 11.6 Å². The maximum Gasteiger partial charge on any atom is 0.243 e. The van der Waals surface area contributed by atoms with Gasteiger partial charge in [-0.15, -0.1) is 0 Å². The number of rotatable bonds is 8. The molecular weight excluding hydrogens is 296 g/mol. The molecule has 0 aliphatic rings. The van der Waals surface area contributed by atoms with Gasteiger partial charge in [-0.1, -0.05) is 0 Å². The van der Waals surface area contributed by atoms with Gasteiger partial charge in [0.05, 0.1) is 0 Å². The Bertz CT molecular complexity index is 509. The van der Waals surface area contributed by atoms with Crippen LogP contribution in [0.3, 0.4) is 0 Å². The Hall–Kier alpha value is -0.700. The van der Waals surface area contributed by atoms with E-state index in [4.69, 9.17) is 5.11 Å². The largest absolute Gasteiger partial charge is 0.396 e. The Morgan fingerprint density at radius 3 is 2.63 bits per heavy atom. The quantitative estimate of drug-likeness (QED) is 0.712. The Morgan fingerprint density at radius 2 is 2.00 bits per heavy atom. The van der Waals surface area contributed by atoms with Gasteiger partial charge in [-0.25, -0.2) is 21.9 Å². The molecule has 0 saturated carbocycles. The predicted octanol–water partition coefficient (Wildman–Crippen LogP) is 1.36. The first-order chi connectivity index (χ1) is 8.97. The molecule has 0 saturated heterocycles. The van der Waals surface area contributed by atoms with Gasteiger partial charge >= 0.3 is 0 Å². The third-order valence-electron chi connectivity index (χ3n) is 2.17. The molecule has 8 heteroatoms. The molecule has 1 aromatic carbocycles. The number of benzene rings is 1. The molecule has 108 valence electrons. The Kier molecular flexibility index (Phi) is 6.70. The smallest absolute Gasteiger partial charge is 0.243 e. The van der Waals surface area contributed by atoms with Gasteiger partial charge in [-0.05, 0) is 24.3 Å². The molecule has 1 aromatic rings.